The number of fused-ring (bicyclic) bond motifs is 6. The van der Waals surface area contributed by atoms with Crippen molar-refractivity contribution in [2.24, 2.45) is 47.3 Å². The van der Waals surface area contributed by atoms with Crippen molar-refractivity contribution in [3.63, 3.8) is 0 Å². The molecule has 10 atom stereocenters. The summed E-state index contributed by atoms with van der Waals surface area (Å²) in [6, 6.07) is 4.82. The summed E-state index contributed by atoms with van der Waals surface area (Å²) < 4.78 is 0. The van der Waals surface area contributed by atoms with Gasteiger partial charge in [-0.2, -0.15) is 0 Å². The molecule has 0 spiro atoms. The van der Waals surface area contributed by atoms with Crippen molar-refractivity contribution in [2.45, 2.75) is 218 Å². The van der Waals surface area contributed by atoms with Crippen LogP contribution in [0.2, 0.25) is 0 Å². The van der Waals surface area contributed by atoms with E-state index in [0.717, 1.165) is 25.7 Å². The normalized spacial score (nSPS) is 31.0. The summed E-state index contributed by atoms with van der Waals surface area (Å²) in [5.74, 6) is 5.43. The molecule has 0 radical (unpaired) electrons. The van der Waals surface area contributed by atoms with Crippen LogP contribution in [0.3, 0.4) is 0 Å². The van der Waals surface area contributed by atoms with Crippen LogP contribution in [-0.2, 0) is 22.4 Å². The fourth-order valence-corrected chi connectivity index (χ4v) is 15.6. The maximum absolute atomic E-state index is 14.3. The maximum atomic E-state index is 14.3. The average molecular weight is 801 g/mol. The quantitative estimate of drug-likeness (QED) is 0.0991. The average Bonchev–Trinajstić information content (AvgIpc) is 4.01. The van der Waals surface area contributed by atoms with Crippen molar-refractivity contribution in [1.29, 1.82) is 0 Å². The Kier molecular flexibility index (Phi) is 16.7. The zero-order valence-electron chi connectivity index (χ0n) is 35.9. The molecule has 0 N–H and O–H groups in total. The molecular formula is C52H80O2S2. The van der Waals surface area contributed by atoms with Crippen molar-refractivity contribution < 1.29 is 9.59 Å². The predicted octanol–water partition coefficient (Wildman–Crippen LogP) is 15.9. The van der Waals surface area contributed by atoms with Gasteiger partial charge in [0.2, 0.25) is 0 Å². The van der Waals surface area contributed by atoms with Crippen molar-refractivity contribution in [3.8, 4) is 0 Å². The van der Waals surface area contributed by atoms with Crippen LogP contribution in [0.5, 0.6) is 0 Å². The Labute approximate surface area is 351 Å². The van der Waals surface area contributed by atoms with Crippen LogP contribution in [0.4, 0.5) is 0 Å². The van der Waals surface area contributed by atoms with E-state index in [1.807, 2.05) is 22.7 Å². The Bertz CT molecular complexity index is 1370. The molecule has 2 aromatic rings. The van der Waals surface area contributed by atoms with Crippen molar-refractivity contribution >= 4 is 34.2 Å². The van der Waals surface area contributed by atoms with Crippen LogP contribution in [0.15, 0.2) is 22.9 Å². The van der Waals surface area contributed by atoms with Crippen LogP contribution in [0.1, 0.15) is 226 Å². The molecule has 0 aromatic carbocycles. The van der Waals surface area contributed by atoms with Gasteiger partial charge in [-0.25, -0.2) is 0 Å². The molecular weight excluding hydrogens is 721 g/mol. The van der Waals surface area contributed by atoms with Crippen molar-refractivity contribution in [2.75, 3.05) is 0 Å². The number of hydrogen-bond donors (Lipinski definition) is 0. The summed E-state index contributed by atoms with van der Waals surface area (Å²) in [5.41, 5.74) is 3.19. The van der Waals surface area contributed by atoms with E-state index in [1.54, 1.807) is 20.9 Å². The molecule has 5 aliphatic rings. The molecule has 56 heavy (non-hydrogen) atoms. The molecule has 10 unspecified atom stereocenters. The Balaban J connectivity index is 0.857. The lowest BCUT2D eigenvalue weighted by Gasteiger charge is -2.40. The zero-order valence-corrected chi connectivity index (χ0v) is 37.6. The molecule has 0 aliphatic heterocycles. The van der Waals surface area contributed by atoms with Crippen LogP contribution >= 0.6 is 22.7 Å². The van der Waals surface area contributed by atoms with E-state index < -0.39 is 0 Å². The first-order chi connectivity index (χ1) is 27.6. The lowest BCUT2D eigenvalue weighted by atomic mass is 9.64. The number of hydrogen-bond acceptors (Lipinski definition) is 4. The van der Waals surface area contributed by atoms with E-state index in [2.05, 4.69) is 36.7 Å². The molecule has 2 nitrogen and oxygen atoms in total. The van der Waals surface area contributed by atoms with E-state index in [1.165, 1.54) is 167 Å². The molecule has 5 fully saturated rings. The molecule has 2 heterocycles. The fourth-order valence-electron chi connectivity index (χ4n) is 13.4. The smallest absolute Gasteiger partial charge is 0.139 e. The number of rotatable bonds is 24. The summed E-state index contributed by atoms with van der Waals surface area (Å²) in [5, 5.41) is 4.67. The van der Waals surface area contributed by atoms with Gasteiger partial charge >= 0.3 is 0 Å². The zero-order chi connectivity index (χ0) is 38.7. The number of carbonyl (C=O) groups excluding carboxylic acids is 2. The Morgan fingerprint density at radius 2 is 0.768 bits per heavy atom. The third-order valence-corrected chi connectivity index (χ3v) is 18.6. The monoisotopic (exact) mass is 801 g/mol. The Hall–Kier alpha value is -1.26. The van der Waals surface area contributed by atoms with Gasteiger partial charge in [-0.15, -0.1) is 22.7 Å². The number of Topliss-reactive ketones (excluding diaryl/α,β-unsaturated/α-hetero) is 2. The minimum atomic E-state index is 0.244. The van der Waals surface area contributed by atoms with E-state index in [0.29, 0.717) is 47.1 Å². The number of unbranched alkanes of at least 4 members (excludes halogenated alkanes) is 18. The van der Waals surface area contributed by atoms with Gasteiger partial charge in [0, 0.05) is 33.4 Å². The van der Waals surface area contributed by atoms with Gasteiger partial charge in [-0.05, 0) is 147 Å². The minimum absolute atomic E-state index is 0.244. The van der Waals surface area contributed by atoms with Crippen LogP contribution in [0.25, 0.3) is 0 Å². The van der Waals surface area contributed by atoms with E-state index in [9.17, 15) is 9.59 Å². The minimum Gasteiger partial charge on any atom is -0.299 e. The summed E-state index contributed by atoms with van der Waals surface area (Å²) in [4.78, 5) is 31.9. The molecule has 2 aromatic heterocycles. The van der Waals surface area contributed by atoms with Crippen LogP contribution in [0, 0.1) is 47.3 Å². The first-order valence-electron chi connectivity index (χ1n) is 24.8. The molecule has 312 valence electrons. The third kappa shape index (κ3) is 10.4. The topological polar surface area (TPSA) is 34.1 Å². The second-order valence-electron chi connectivity index (χ2n) is 19.9. The highest BCUT2D eigenvalue weighted by Crippen LogP contribution is 2.63. The molecule has 0 saturated heterocycles. The molecule has 4 heteroatoms. The highest BCUT2D eigenvalue weighted by molar-refractivity contribution is 7.10. The van der Waals surface area contributed by atoms with Gasteiger partial charge < -0.3 is 0 Å². The highest BCUT2D eigenvalue weighted by atomic mass is 32.1. The second kappa shape index (κ2) is 21.8. The predicted molar refractivity (Wildman–Crippen MR) is 240 cm³/mol. The second-order valence-corrected chi connectivity index (χ2v) is 21.8. The summed E-state index contributed by atoms with van der Waals surface area (Å²) >= 11 is 3.96. The van der Waals surface area contributed by atoms with Crippen molar-refractivity contribution in [3.05, 3.63) is 43.8 Å². The molecule has 5 aliphatic carbocycles. The van der Waals surface area contributed by atoms with Crippen molar-refractivity contribution in [1.82, 2.24) is 0 Å². The number of aryl methyl sites for hydroxylation is 2. The van der Waals surface area contributed by atoms with Gasteiger partial charge in [0.05, 0.1) is 0 Å². The standard InChI is InChI=1S/C52H80O2S2/c1-3-5-7-9-11-13-15-17-19-21-23-37-29-31-55-51(37)39-25-27-41-43-35-48-44(36-47(43)49(53)45(41)33-39)42-28-26-40(34-46(42)50(48)54)52-38(30-32-56-52)24-22-20-18-16-14-12-10-8-6-4-2/h29-32,39-48H,3-28,33-36H2,1-2H3. The fraction of sp³-hybridized carbons (Fsp3) is 0.808. The summed E-state index contributed by atoms with van der Waals surface area (Å²) in [7, 11) is 0. The lowest BCUT2D eigenvalue weighted by Crippen LogP contribution is -2.35. The summed E-state index contributed by atoms with van der Waals surface area (Å²) in [6.07, 6.45) is 39.4. The van der Waals surface area contributed by atoms with Gasteiger partial charge in [-0.3, -0.25) is 9.59 Å². The molecule has 5 saturated carbocycles. The maximum Gasteiger partial charge on any atom is 0.139 e. The first-order valence-corrected chi connectivity index (χ1v) is 26.5. The SMILES string of the molecule is CCCCCCCCCCCCc1ccsc1C1CCC2C(C1)C(=O)C1CC3C(CC12)C(=O)C1CC(c2sccc2CCCCCCCCCCCC)CCC13. The van der Waals surface area contributed by atoms with Gasteiger partial charge in [0.15, 0.2) is 0 Å². The third-order valence-electron chi connectivity index (χ3n) is 16.4. The Morgan fingerprint density at radius 3 is 1.14 bits per heavy atom. The number of ketones is 2. The van der Waals surface area contributed by atoms with Gasteiger partial charge in [-0.1, -0.05) is 129 Å². The van der Waals surface area contributed by atoms with Crippen LogP contribution in [-0.4, -0.2) is 11.6 Å². The van der Waals surface area contributed by atoms with Gasteiger partial charge in [0.1, 0.15) is 11.6 Å². The number of thiophene rings is 2. The van der Waals surface area contributed by atoms with Crippen LogP contribution < -0.4 is 0 Å². The molecule has 0 amide bonds. The largest absolute Gasteiger partial charge is 0.299 e. The first kappa shape index (κ1) is 42.8. The Morgan fingerprint density at radius 1 is 0.429 bits per heavy atom. The van der Waals surface area contributed by atoms with E-state index >= 15 is 0 Å². The molecule has 7 rings (SSSR count). The number of carbonyl (C=O) groups is 2. The highest BCUT2D eigenvalue weighted by Gasteiger charge is 2.61. The lowest BCUT2D eigenvalue weighted by molar-refractivity contribution is -0.129. The van der Waals surface area contributed by atoms with E-state index in [4.69, 9.17) is 0 Å². The van der Waals surface area contributed by atoms with Gasteiger partial charge in [0.25, 0.3) is 0 Å². The van der Waals surface area contributed by atoms with E-state index in [-0.39, 0.29) is 23.7 Å². The molecule has 0 bridgehead atoms. The summed E-state index contributed by atoms with van der Waals surface area (Å²) in [6.45, 7) is 4.60.